The lowest BCUT2D eigenvalue weighted by atomic mass is 10.2. The Hall–Kier alpha value is -2.11. The van der Waals surface area contributed by atoms with Crippen molar-refractivity contribution in [3.05, 3.63) is 24.0 Å². The summed E-state index contributed by atoms with van der Waals surface area (Å²) in [5.41, 5.74) is 7.18. The van der Waals surface area contributed by atoms with Crippen LogP contribution in [0.15, 0.2) is 18.2 Å². The molecule has 3 N–H and O–H groups in total. The number of halogens is 1. The van der Waals surface area contributed by atoms with E-state index < -0.39 is 0 Å². The number of nitrogen functional groups attached to an aromatic ring is 1. The van der Waals surface area contributed by atoms with Crippen LogP contribution in [0, 0.1) is 5.82 Å². The molecule has 1 aromatic heterocycles. The second kappa shape index (κ2) is 5.11. The number of aryl methyl sites for hydroxylation is 1. The molecule has 1 heterocycles. The summed E-state index contributed by atoms with van der Waals surface area (Å²) < 4.78 is 14.9. The van der Waals surface area contributed by atoms with Crippen molar-refractivity contribution >= 4 is 22.9 Å². The van der Waals surface area contributed by atoms with Gasteiger partial charge in [0.25, 0.3) is 0 Å². The summed E-state index contributed by atoms with van der Waals surface area (Å²) in [6.07, 6.45) is 3.34. The smallest absolute Gasteiger partial charge is 0.220 e. The Kier molecular flexibility index (Phi) is 3.30. The lowest BCUT2D eigenvalue weighted by Crippen LogP contribution is -2.25. The standard InChI is InChI=1S/C14H17FN4O/c15-9-3-6-12-11(8-9)18-14(16)19(12)7-1-2-13(20)17-10-4-5-10/h3,6,8,10H,1-2,4-5,7H2,(H2,16,18)(H,17,20). The van der Waals surface area contributed by atoms with Crippen LogP contribution < -0.4 is 11.1 Å². The quantitative estimate of drug-likeness (QED) is 0.874. The van der Waals surface area contributed by atoms with Gasteiger partial charge in [-0.2, -0.15) is 0 Å². The van der Waals surface area contributed by atoms with Crippen LogP contribution in [0.3, 0.4) is 0 Å². The normalized spacial score (nSPS) is 14.7. The minimum Gasteiger partial charge on any atom is -0.369 e. The second-order valence-electron chi connectivity index (χ2n) is 5.20. The van der Waals surface area contributed by atoms with Crippen molar-refractivity contribution in [3.63, 3.8) is 0 Å². The van der Waals surface area contributed by atoms with Crippen LogP contribution in [-0.4, -0.2) is 21.5 Å². The molecule has 2 aromatic rings. The molecule has 0 saturated heterocycles. The molecule has 0 unspecified atom stereocenters. The second-order valence-corrected chi connectivity index (χ2v) is 5.20. The number of nitrogens with one attached hydrogen (secondary N) is 1. The topological polar surface area (TPSA) is 72.9 Å². The maximum Gasteiger partial charge on any atom is 0.220 e. The Morgan fingerprint density at radius 3 is 3.05 bits per heavy atom. The molecule has 5 nitrogen and oxygen atoms in total. The average Bonchev–Trinajstić information content (AvgIpc) is 3.14. The molecule has 1 amide bonds. The van der Waals surface area contributed by atoms with E-state index in [1.807, 2.05) is 4.57 Å². The van der Waals surface area contributed by atoms with Crippen molar-refractivity contribution in [1.82, 2.24) is 14.9 Å². The number of hydrogen-bond acceptors (Lipinski definition) is 3. The van der Waals surface area contributed by atoms with Gasteiger partial charge in [-0.05, 0) is 31.4 Å². The number of rotatable bonds is 5. The highest BCUT2D eigenvalue weighted by atomic mass is 19.1. The zero-order valence-corrected chi connectivity index (χ0v) is 11.1. The number of carbonyl (C=O) groups excluding carboxylic acids is 1. The molecule has 1 aliphatic carbocycles. The zero-order valence-electron chi connectivity index (χ0n) is 11.1. The van der Waals surface area contributed by atoms with Gasteiger partial charge in [-0.25, -0.2) is 9.37 Å². The minimum atomic E-state index is -0.328. The number of aromatic nitrogens is 2. The van der Waals surface area contributed by atoms with E-state index >= 15 is 0 Å². The fraction of sp³-hybridized carbons (Fsp3) is 0.429. The fourth-order valence-corrected chi connectivity index (χ4v) is 2.28. The van der Waals surface area contributed by atoms with E-state index in [0.717, 1.165) is 18.4 Å². The van der Waals surface area contributed by atoms with E-state index in [1.54, 1.807) is 6.07 Å². The lowest BCUT2D eigenvalue weighted by Gasteiger charge is -2.07. The van der Waals surface area contributed by atoms with Crippen LogP contribution in [0.1, 0.15) is 25.7 Å². The molecule has 0 aliphatic heterocycles. The van der Waals surface area contributed by atoms with Gasteiger partial charge < -0.3 is 15.6 Å². The van der Waals surface area contributed by atoms with Crippen molar-refractivity contribution in [2.45, 2.75) is 38.3 Å². The first-order valence-corrected chi connectivity index (χ1v) is 6.84. The van der Waals surface area contributed by atoms with Crippen molar-refractivity contribution in [2.24, 2.45) is 0 Å². The number of anilines is 1. The molecule has 6 heteroatoms. The number of imidazole rings is 1. The SMILES string of the molecule is Nc1nc2cc(F)ccc2n1CCCC(=O)NC1CC1. The molecule has 0 radical (unpaired) electrons. The monoisotopic (exact) mass is 276 g/mol. The number of fused-ring (bicyclic) bond motifs is 1. The summed E-state index contributed by atoms with van der Waals surface area (Å²) in [6, 6.07) is 4.81. The Morgan fingerprint density at radius 1 is 1.50 bits per heavy atom. The van der Waals surface area contributed by atoms with E-state index in [-0.39, 0.29) is 11.7 Å². The molecule has 1 aromatic carbocycles. The van der Waals surface area contributed by atoms with Gasteiger partial charge in [0, 0.05) is 25.1 Å². The van der Waals surface area contributed by atoms with Crippen LogP contribution >= 0.6 is 0 Å². The molecule has 20 heavy (non-hydrogen) atoms. The molecule has 1 aliphatic rings. The number of benzene rings is 1. The van der Waals surface area contributed by atoms with Gasteiger partial charge in [0.15, 0.2) is 0 Å². The molecule has 1 saturated carbocycles. The summed E-state index contributed by atoms with van der Waals surface area (Å²) >= 11 is 0. The van der Waals surface area contributed by atoms with Crippen LogP contribution in [0.5, 0.6) is 0 Å². The van der Waals surface area contributed by atoms with Crippen molar-refractivity contribution in [2.75, 3.05) is 5.73 Å². The maximum atomic E-state index is 13.1. The molecular weight excluding hydrogens is 259 g/mol. The third-order valence-corrected chi connectivity index (χ3v) is 3.47. The third-order valence-electron chi connectivity index (χ3n) is 3.47. The molecule has 0 spiro atoms. The maximum absolute atomic E-state index is 13.1. The number of hydrogen-bond donors (Lipinski definition) is 2. The summed E-state index contributed by atoms with van der Waals surface area (Å²) in [5.74, 6) is 0.112. The Labute approximate surface area is 116 Å². The number of carbonyl (C=O) groups is 1. The third kappa shape index (κ3) is 2.74. The van der Waals surface area contributed by atoms with Gasteiger partial charge in [-0.1, -0.05) is 0 Å². The van der Waals surface area contributed by atoms with E-state index in [4.69, 9.17) is 5.73 Å². The summed E-state index contributed by atoms with van der Waals surface area (Å²) in [7, 11) is 0. The summed E-state index contributed by atoms with van der Waals surface area (Å²) in [5, 5.41) is 2.95. The zero-order chi connectivity index (χ0) is 14.1. The van der Waals surface area contributed by atoms with E-state index in [1.165, 1.54) is 12.1 Å². The predicted octanol–water partition coefficient (Wildman–Crippen LogP) is 1.82. The highest BCUT2D eigenvalue weighted by Crippen LogP contribution is 2.20. The number of amides is 1. The first-order chi connectivity index (χ1) is 9.63. The Balaban J connectivity index is 1.64. The van der Waals surface area contributed by atoms with Crippen LogP contribution in [0.4, 0.5) is 10.3 Å². The first kappa shape index (κ1) is 12.9. The van der Waals surface area contributed by atoms with Crippen molar-refractivity contribution in [1.29, 1.82) is 0 Å². The van der Waals surface area contributed by atoms with Gasteiger partial charge >= 0.3 is 0 Å². The van der Waals surface area contributed by atoms with Gasteiger partial charge in [-0.3, -0.25) is 4.79 Å². The van der Waals surface area contributed by atoms with E-state index in [0.29, 0.717) is 36.9 Å². The highest BCUT2D eigenvalue weighted by molar-refractivity contribution is 5.78. The van der Waals surface area contributed by atoms with Gasteiger partial charge in [0.1, 0.15) is 5.82 Å². The highest BCUT2D eigenvalue weighted by Gasteiger charge is 2.22. The van der Waals surface area contributed by atoms with Crippen LogP contribution in [0.25, 0.3) is 11.0 Å². The summed E-state index contributed by atoms with van der Waals surface area (Å²) in [6.45, 7) is 0.603. The molecule has 0 atom stereocenters. The predicted molar refractivity (Wildman–Crippen MR) is 74.5 cm³/mol. The number of nitrogens with zero attached hydrogens (tertiary/aromatic N) is 2. The lowest BCUT2D eigenvalue weighted by molar-refractivity contribution is -0.121. The van der Waals surface area contributed by atoms with Crippen LogP contribution in [0.2, 0.25) is 0 Å². The fourth-order valence-electron chi connectivity index (χ4n) is 2.28. The number of nitrogens with two attached hydrogens (primary N) is 1. The molecule has 3 rings (SSSR count). The van der Waals surface area contributed by atoms with Crippen LogP contribution in [-0.2, 0) is 11.3 Å². The van der Waals surface area contributed by atoms with Crippen molar-refractivity contribution in [3.8, 4) is 0 Å². The van der Waals surface area contributed by atoms with E-state index in [9.17, 15) is 9.18 Å². The van der Waals surface area contributed by atoms with Crippen molar-refractivity contribution < 1.29 is 9.18 Å². The largest absolute Gasteiger partial charge is 0.369 e. The average molecular weight is 276 g/mol. The molecule has 0 bridgehead atoms. The summed E-state index contributed by atoms with van der Waals surface area (Å²) in [4.78, 5) is 15.7. The van der Waals surface area contributed by atoms with E-state index in [2.05, 4.69) is 10.3 Å². The van der Waals surface area contributed by atoms with Gasteiger partial charge in [0.2, 0.25) is 11.9 Å². The molecule has 106 valence electrons. The molecule has 1 fully saturated rings. The van der Waals surface area contributed by atoms with Gasteiger partial charge in [0.05, 0.1) is 11.0 Å². The Bertz CT molecular complexity index is 648. The Morgan fingerprint density at radius 2 is 2.30 bits per heavy atom. The first-order valence-electron chi connectivity index (χ1n) is 6.84. The van der Waals surface area contributed by atoms with Gasteiger partial charge in [-0.15, -0.1) is 0 Å². The minimum absolute atomic E-state index is 0.0848. The molecular formula is C14H17FN4O.